The zero-order valence-corrected chi connectivity index (χ0v) is 22.2. The van der Waals surface area contributed by atoms with Crippen molar-refractivity contribution >= 4 is 11.8 Å². The van der Waals surface area contributed by atoms with Crippen molar-refractivity contribution in [2.45, 2.75) is 109 Å². The lowest BCUT2D eigenvalue weighted by molar-refractivity contribution is -0.144. The van der Waals surface area contributed by atoms with E-state index in [1.807, 2.05) is 27.0 Å². The van der Waals surface area contributed by atoms with Crippen LogP contribution in [0, 0.1) is 11.3 Å². The van der Waals surface area contributed by atoms with Gasteiger partial charge in [-0.1, -0.05) is 38.8 Å². The maximum atomic E-state index is 13.9. The van der Waals surface area contributed by atoms with E-state index in [9.17, 15) is 14.7 Å². The Balaban J connectivity index is 1.27. The van der Waals surface area contributed by atoms with Gasteiger partial charge < -0.3 is 20.2 Å². The van der Waals surface area contributed by atoms with Crippen molar-refractivity contribution in [3.8, 4) is 0 Å². The second kappa shape index (κ2) is 10.4. The van der Waals surface area contributed by atoms with Crippen molar-refractivity contribution in [1.29, 1.82) is 0 Å². The summed E-state index contributed by atoms with van der Waals surface area (Å²) in [5, 5.41) is 22.3. The molecule has 5 rings (SSSR count). The number of hydrogen-bond donors (Lipinski definition) is 2. The van der Waals surface area contributed by atoms with Crippen LogP contribution in [0.2, 0.25) is 0 Å². The van der Waals surface area contributed by atoms with Gasteiger partial charge in [-0.25, -0.2) is 4.68 Å². The topological polar surface area (TPSA) is 104 Å². The number of amides is 2. The molecule has 2 N–H and O–H groups in total. The lowest BCUT2D eigenvalue weighted by atomic mass is 9.83. The van der Waals surface area contributed by atoms with Crippen LogP contribution in [0.5, 0.6) is 0 Å². The molecular weight excluding hydrogens is 456 g/mol. The van der Waals surface area contributed by atoms with Gasteiger partial charge in [0.1, 0.15) is 12.1 Å². The highest BCUT2D eigenvalue weighted by atomic mass is 16.3. The average molecular weight is 501 g/mol. The Morgan fingerprint density at radius 3 is 2.53 bits per heavy atom. The molecule has 1 aromatic rings. The van der Waals surface area contributed by atoms with Crippen molar-refractivity contribution in [3.63, 3.8) is 0 Å². The quantitative estimate of drug-likeness (QED) is 0.596. The smallest absolute Gasteiger partial charge is 0.248 e. The Morgan fingerprint density at radius 1 is 1.11 bits per heavy atom. The van der Waals surface area contributed by atoms with Gasteiger partial charge in [0.05, 0.1) is 11.8 Å². The maximum absolute atomic E-state index is 13.9. The number of aliphatic hydroxyl groups is 1. The minimum atomic E-state index is -0.699. The second-order valence-corrected chi connectivity index (χ2v) is 12.7. The van der Waals surface area contributed by atoms with Gasteiger partial charge in [-0.3, -0.25) is 9.59 Å². The molecule has 200 valence electrons. The fourth-order valence-corrected chi connectivity index (χ4v) is 6.66. The van der Waals surface area contributed by atoms with Gasteiger partial charge in [0, 0.05) is 37.7 Å². The molecule has 0 bridgehead atoms. The summed E-state index contributed by atoms with van der Waals surface area (Å²) in [4.78, 5) is 31.6. The van der Waals surface area contributed by atoms with E-state index >= 15 is 0 Å². The van der Waals surface area contributed by atoms with Gasteiger partial charge in [0.25, 0.3) is 0 Å². The number of carbonyl (C=O) groups is 2. The molecule has 2 amide bonds. The molecule has 2 saturated heterocycles. The summed E-state index contributed by atoms with van der Waals surface area (Å²) >= 11 is 0. The zero-order valence-electron chi connectivity index (χ0n) is 22.2. The standard InChI is InChI=1S/C27H44N6O3/c1-27(2,3)24(33-17-21(29-30-33)18-10-11-18)26(36)32-16-20(34)14-23(32)25(35)28-15-19-8-4-5-9-22(19)31-12-6-7-13-31/h17-20,22-24,34H,4-16H2,1-3H3,(H,28,35)/t19?,20-,22?,23+,24-/m1/s1. The Bertz CT molecular complexity index is 932. The molecule has 0 radical (unpaired) electrons. The molecule has 0 spiro atoms. The minimum absolute atomic E-state index is 0.143. The summed E-state index contributed by atoms with van der Waals surface area (Å²) in [5.41, 5.74) is 0.512. The highest BCUT2D eigenvalue weighted by Gasteiger charge is 2.45. The third-order valence-corrected chi connectivity index (χ3v) is 8.72. The van der Waals surface area contributed by atoms with Gasteiger partial charge >= 0.3 is 0 Å². The van der Waals surface area contributed by atoms with Crippen LogP contribution in [0.25, 0.3) is 0 Å². The fourth-order valence-electron chi connectivity index (χ4n) is 6.66. The maximum Gasteiger partial charge on any atom is 0.248 e. The van der Waals surface area contributed by atoms with Crippen LogP contribution >= 0.6 is 0 Å². The summed E-state index contributed by atoms with van der Waals surface area (Å²) in [5.74, 6) is 0.593. The van der Waals surface area contributed by atoms with Crippen molar-refractivity contribution in [2.75, 3.05) is 26.2 Å². The van der Waals surface area contributed by atoms with Gasteiger partial charge in [0.2, 0.25) is 11.8 Å². The molecular formula is C27H44N6O3. The zero-order chi connectivity index (χ0) is 25.4. The van der Waals surface area contributed by atoms with Crippen LogP contribution in [-0.4, -0.2) is 86.1 Å². The molecule has 5 atom stereocenters. The van der Waals surface area contributed by atoms with Crippen LogP contribution < -0.4 is 5.32 Å². The first-order valence-electron chi connectivity index (χ1n) is 14.1. The van der Waals surface area contributed by atoms with E-state index in [4.69, 9.17) is 0 Å². The number of nitrogens with zero attached hydrogens (tertiary/aromatic N) is 5. The summed E-state index contributed by atoms with van der Waals surface area (Å²) in [7, 11) is 0. The molecule has 0 aromatic carbocycles. The van der Waals surface area contributed by atoms with Gasteiger partial charge in [-0.05, 0) is 62.9 Å². The van der Waals surface area contributed by atoms with E-state index in [1.165, 1.54) is 45.2 Å². The average Bonchev–Trinajstić information content (AvgIpc) is 3.22. The predicted molar refractivity (Wildman–Crippen MR) is 136 cm³/mol. The van der Waals surface area contributed by atoms with Crippen molar-refractivity contribution in [3.05, 3.63) is 11.9 Å². The van der Waals surface area contributed by atoms with Crippen molar-refractivity contribution < 1.29 is 14.7 Å². The Morgan fingerprint density at radius 2 is 1.83 bits per heavy atom. The van der Waals surface area contributed by atoms with Crippen LogP contribution in [0.3, 0.4) is 0 Å². The van der Waals surface area contributed by atoms with Gasteiger partial charge in [0.15, 0.2) is 0 Å². The van der Waals surface area contributed by atoms with Gasteiger partial charge in [-0.2, -0.15) is 0 Å². The highest BCUT2D eigenvalue weighted by molar-refractivity contribution is 5.90. The fraction of sp³-hybridized carbons (Fsp3) is 0.852. The molecule has 9 nitrogen and oxygen atoms in total. The largest absolute Gasteiger partial charge is 0.391 e. The van der Waals surface area contributed by atoms with Crippen LogP contribution in [-0.2, 0) is 9.59 Å². The normalized spacial score (nSPS) is 30.5. The first-order valence-corrected chi connectivity index (χ1v) is 14.1. The van der Waals surface area contributed by atoms with E-state index in [1.54, 1.807) is 9.58 Å². The Kier molecular flexibility index (Phi) is 7.41. The minimum Gasteiger partial charge on any atom is -0.391 e. The number of hydrogen-bond acceptors (Lipinski definition) is 6. The van der Waals surface area contributed by atoms with Crippen LogP contribution in [0.15, 0.2) is 6.20 Å². The molecule has 2 aliphatic carbocycles. The molecule has 2 unspecified atom stereocenters. The molecule has 9 heteroatoms. The SMILES string of the molecule is CC(C)(C)[C@@H](C(=O)N1C[C@H](O)C[C@H]1C(=O)NCC1CCCCC1N1CCCC1)n1cc(C2CC2)nn1. The third kappa shape index (κ3) is 5.47. The molecule has 36 heavy (non-hydrogen) atoms. The second-order valence-electron chi connectivity index (χ2n) is 12.7. The number of nitrogens with one attached hydrogen (secondary N) is 1. The van der Waals surface area contributed by atoms with E-state index in [0.717, 1.165) is 25.0 Å². The van der Waals surface area contributed by atoms with Crippen molar-refractivity contribution in [2.24, 2.45) is 11.3 Å². The van der Waals surface area contributed by atoms with Crippen molar-refractivity contribution in [1.82, 2.24) is 30.1 Å². The molecule has 1 aromatic heterocycles. The van der Waals surface area contributed by atoms with E-state index in [0.29, 0.717) is 24.4 Å². The molecule has 4 aliphatic rings. The first kappa shape index (κ1) is 25.6. The molecule has 3 heterocycles. The van der Waals surface area contributed by atoms with E-state index in [-0.39, 0.29) is 24.8 Å². The first-order chi connectivity index (χ1) is 17.2. The van der Waals surface area contributed by atoms with E-state index in [2.05, 4.69) is 20.5 Å². The summed E-state index contributed by atoms with van der Waals surface area (Å²) in [6.07, 6.45) is 11.1. The lowest BCUT2D eigenvalue weighted by Gasteiger charge is -2.38. The summed E-state index contributed by atoms with van der Waals surface area (Å²) in [6.45, 7) is 9.19. The van der Waals surface area contributed by atoms with E-state index < -0.39 is 23.6 Å². The predicted octanol–water partition coefficient (Wildman–Crippen LogP) is 2.48. The third-order valence-electron chi connectivity index (χ3n) is 8.72. The number of β-amino-alcohol motifs (C(OH)–C–C–N with tert-alkyl or cyclic N) is 1. The number of aromatic nitrogens is 3. The summed E-state index contributed by atoms with van der Waals surface area (Å²) in [6, 6.07) is -0.694. The monoisotopic (exact) mass is 500 g/mol. The number of aliphatic hydroxyl groups excluding tert-OH is 1. The highest BCUT2D eigenvalue weighted by Crippen LogP contribution is 2.40. The lowest BCUT2D eigenvalue weighted by Crippen LogP contribution is -2.52. The van der Waals surface area contributed by atoms with Gasteiger partial charge in [-0.15, -0.1) is 5.10 Å². The summed E-state index contributed by atoms with van der Waals surface area (Å²) < 4.78 is 1.68. The molecule has 2 aliphatic heterocycles. The Labute approximate surface area is 215 Å². The molecule has 4 fully saturated rings. The number of likely N-dealkylation sites (tertiary alicyclic amines) is 2. The number of carbonyl (C=O) groups excluding carboxylic acids is 2. The van der Waals surface area contributed by atoms with Crippen LogP contribution in [0.1, 0.15) is 96.2 Å². The number of rotatable bonds is 7. The molecule has 2 saturated carbocycles. The van der Waals surface area contributed by atoms with Crippen LogP contribution in [0.4, 0.5) is 0 Å². The Hall–Kier alpha value is -2.00.